The molecule has 0 bridgehead atoms. The fourth-order valence-electron chi connectivity index (χ4n) is 1.99. The molecule has 19 heavy (non-hydrogen) atoms. The van der Waals surface area contributed by atoms with Gasteiger partial charge in [-0.3, -0.25) is 4.79 Å². The fourth-order valence-corrected chi connectivity index (χ4v) is 1.99. The standard InChI is InChI=1S/C13H17N5O/c1-3-9-12(14)10(4-2)18(17-9)11-7-8(13(15)19)5-6-16-11/h5-7H,3-4,14H2,1-2H3,(H2,15,19). The number of anilines is 1. The molecule has 6 heteroatoms. The maximum atomic E-state index is 11.2. The van der Waals surface area contributed by atoms with E-state index in [1.165, 1.54) is 0 Å². The lowest BCUT2D eigenvalue weighted by Crippen LogP contribution is -2.13. The minimum atomic E-state index is -0.488. The van der Waals surface area contributed by atoms with Crippen molar-refractivity contribution < 1.29 is 4.79 Å². The minimum Gasteiger partial charge on any atom is -0.396 e. The molecule has 2 rings (SSSR count). The van der Waals surface area contributed by atoms with Crippen molar-refractivity contribution >= 4 is 11.6 Å². The Morgan fingerprint density at radius 1 is 1.37 bits per heavy atom. The summed E-state index contributed by atoms with van der Waals surface area (Å²) in [6.45, 7) is 4.00. The minimum absolute atomic E-state index is 0.402. The van der Waals surface area contributed by atoms with Gasteiger partial charge in [-0.2, -0.15) is 5.10 Å². The van der Waals surface area contributed by atoms with Crippen LogP contribution in [0.4, 0.5) is 5.69 Å². The number of aryl methyl sites for hydroxylation is 1. The van der Waals surface area contributed by atoms with Crippen LogP contribution < -0.4 is 11.5 Å². The van der Waals surface area contributed by atoms with E-state index in [-0.39, 0.29) is 0 Å². The quantitative estimate of drug-likeness (QED) is 0.857. The summed E-state index contributed by atoms with van der Waals surface area (Å²) in [5, 5.41) is 4.45. The molecule has 2 aromatic heterocycles. The van der Waals surface area contributed by atoms with Crippen LogP contribution in [0.2, 0.25) is 0 Å². The average molecular weight is 259 g/mol. The Morgan fingerprint density at radius 3 is 2.68 bits per heavy atom. The number of nitrogens with zero attached hydrogens (tertiary/aromatic N) is 3. The molecule has 0 spiro atoms. The molecule has 0 saturated carbocycles. The highest BCUT2D eigenvalue weighted by Crippen LogP contribution is 2.21. The molecule has 0 aliphatic heterocycles. The Balaban J connectivity index is 2.58. The van der Waals surface area contributed by atoms with Crippen molar-refractivity contribution in [1.82, 2.24) is 14.8 Å². The van der Waals surface area contributed by atoms with Crippen LogP contribution in [-0.4, -0.2) is 20.7 Å². The van der Waals surface area contributed by atoms with Gasteiger partial charge in [0.2, 0.25) is 5.91 Å². The molecular weight excluding hydrogens is 242 g/mol. The summed E-state index contributed by atoms with van der Waals surface area (Å²) >= 11 is 0. The van der Waals surface area contributed by atoms with Gasteiger partial charge in [0.15, 0.2) is 5.82 Å². The zero-order valence-corrected chi connectivity index (χ0v) is 11.1. The van der Waals surface area contributed by atoms with Crippen molar-refractivity contribution in [3.05, 3.63) is 35.3 Å². The van der Waals surface area contributed by atoms with Gasteiger partial charge in [-0.15, -0.1) is 0 Å². The van der Waals surface area contributed by atoms with Crippen LogP contribution in [0, 0.1) is 0 Å². The van der Waals surface area contributed by atoms with E-state index in [1.54, 1.807) is 23.0 Å². The molecule has 0 saturated heterocycles. The molecule has 0 aromatic carbocycles. The predicted molar refractivity (Wildman–Crippen MR) is 73.0 cm³/mol. The molecule has 0 unspecified atom stereocenters. The molecule has 2 aromatic rings. The maximum Gasteiger partial charge on any atom is 0.248 e. The first-order valence-corrected chi connectivity index (χ1v) is 6.20. The third-order valence-electron chi connectivity index (χ3n) is 3.01. The number of nitrogen functional groups attached to an aromatic ring is 1. The zero-order valence-electron chi connectivity index (χ0n) is 11.1. The van der Waals surface area contributed by atoms with Crippen molar-refractivity contribution in [2.75, 3.05) is 5.73 Å². The Labute approximate surface area is 111 Å². The first kappa shape index (κ1) is 13.1. The van der Waals surface area contributed by atoms with Crippen LogP contribution in [-0.2, 0) is 12.8 Å². The highest BCUT2D eigenvalue weighted by atomic mass is 16.1. The first-order valence-electron chi connectivity index (χ1n) is 6.20. The van der Waals surface area contributed by atoms with Gasteiger partial charge in [0.05, 0.1) is 17.1 Å². The third kappa shape index (κ3) is 2.29. The van der Waals surface area contributed by atoms with E-state index < -0.39 is 5.91 Å². The Bertz CT molecular complexity index is 617. The number of rotatable bonds is 4. The number of aromatic nitrogens is 3. The highest BCUT2D eigenvalue weighted by molar-refractivity contribution is 5.93. The van der Waals surface area contributed by atoms with Gasteiger partial charge in [-0.25, -0.2) is 9.67 Å². The van der Waals surface area contributed by atoms with E-state index >= 15 is 0 Å². The lowest BCUT2D eigenvalue weighted by atomic mass is 10.2. The van der Waals surface area contributed by atoms with E-state index in [9.17, 15) is 4.79 Å². The van der Waals surface area contributed by atoms with Gasteiger partial charge in [0.25, 0.3) is 0 Å². The molecule has 0 aliphatic carbocycles. The van der Waals surface area contributed by atoms with E-state index in [0.29, 0.717) is 17.1 Å². The van der Waals surface area contributed by atoms with Crippen molar-refractivity contribution in [3.8, 4) is 5.82 Å². The normalized spacial score (nSPS) is 10.6. The SMILES string of the molecule is CCc1nn(-c2cc(C(N)=O)ccn2)c(CC)c1N. The summed E-state index contributed by atoms with van der Waals surface area (Å²) in [7, 11) is 0. The summed E-state index contributed by atoms with van der Waals surface area (Å²) in [5.74, 6) is 0.0668. The molecule has 0 atom stereocenters. The van der Waals surface area contributed by atoms with Crippen LogP contribution in [0.25, 0.3) is 5.82 Å². The topological polar surface area (TPSA) is 99.8 Å². The molecule has 0 radical (unpaired) electrons. The van der Waals surface area contributed by atoms with Crippen LogP contribution >= 0.6 is 0 Å². The summed E-state index contributed by atoms with van der Waals surface area (Å²) < 4.78 is 1.68. The number of carbonyl (C=O) groups excluding carboxylic acids is 1. The maximum absolute atomic E-state index is 11.2. The molecule has 2 heterocycles. The van der Waals surface area contributed by atoms with Crippen molar-refractivity contribution in [2.24, 2.45) is 5.73 Å². The van der Waals surface area contributed by atoms with Crippen LogP contribution in [0.1, 0.15) is 35.6 Å². The molecule has 1 amide bonds. The Morgan fingerprint density at radius 2 is 2.11 bits per heavy atom. The number of nitrogens with two attached hydrogens (primary N) is 2. The average Bonchev–Trinajstić information content (AvgIpc) is 2.75. The lowest BCUT2D eigenvalue weighted by molar-refractivity contribution is 0.1000. The summed E-state index contributed by atoms with van der Waals surface area (Å²) in [6.07, 6.45) is 3.03. The molecule has 6 nitrogen and oxygen atoms in total. The number of hydrogen-bond acceptors (Lipinski definition) is 4. The number of amides is 1. The van der Waals surface area contributed by atoms with E-state index in [4.69, 9.17) is 11.5 Å². The van der Waals surface area contributed by atoms with Gasteiger partial charge in [-0.05, 0) is 25.0 Å². The predicted octanol–water partition coefficient (Wildman–Crippen LogP) is 1.07. The molecular formula is C13H17N5O. The Hall–Kier alpha value is -2.37. The lowest BCUT2D eigenvalue weighted by Gasteiger charge is -2.06. The highest BCUT2D eigenvalue weighted by Gasteiger charge is 2.15. The second-order valence-corrected chi connectivity index (χ2v) is 4.19. The second kappa shape index (κ2) is 5.09. The largest absolute Gasteiger partial charge is 0.396 e. The smallest absolute Gasteiger partial charge is 0.248 e. The van der Waals surface area contributed by atoms with Gasteiger partial charge in [-0.1, -0.05) is 13.8 Å². The van der Waals surface area contributed by atoms with Crippen molar-refractivity contribution in [1.29, 1.82) is 0 Å². The van der Waals surface area contributed by atoms with Gasteiger partial charge < -0.3 is 11.5 Å². The van der Waals surface area contributed by atoms with Crippen molar-refractivity contribution in [2.45, 2.75) is 26.7 Å². The van der Waals surface area contributed by atoms with Gasteiger partial charge in [0.1, 0.15) is 0 Å². The number of pyridine rings is 1. The van der Waals surface area contributed by atoms with Crippen molar-refractivity contribution in [3.63, 3.8) is 0 Å². The summed E-state index contributed by atoms with van der Waals surface area (Å²) in [4.78, 5) is 15.4. The molecule has 4 N–H and O–H groups in total. The van der Waals surface area contributed by atoms with Gasteiger partial charge in [0, 0.05) is 11.8 Å². The van der Waals surface area contributed by atoms with E-state index in [2.05, 4.69) is 10.1 Å². The summed E-state index contributed by atoms with van der Waals surface area (Å²) in [5.41, 5.74) is 14.2. The molecule has 0 aliphatic rings. The monoisotopic (exact) mass is 259 g/mol. The molecule has 100 valence electrons. The molecule has 0 fully saturated rings. The fraction of sp³-hybridized carbons (Fsp3) is 0.308. The number of carbonyl (C=O) groups is 1. The Kier molecular flexibility index (Phi) is 3.50. The first-order chi connectivity index (χ1) is 9.08. The zero-order chi connectivity index (χ0) is 14.0. The van der Waals surface area contributed by atoms with E-state index in [0.717, 1.165) is 24.2 Å². The number of primary amides is 1. The van der Waals surface area contributed by atoms with Crippen LogP contribution in [0.3, 0.4) is 0 Å². The van der Waals surface area contributed by atoms with Crippen LogP contribution in [0.5, 0.6) is 0 Å². The second-order valence-electron chi connectivity index (χ2n) is 4.19. The van der Waals surface area contributed by atoms with Crippen LogP contribution in [0.15, 0.2) is 18.3 Å². The number of hydrogen-bond donors (Lipinski definition) is 2. The van der Waals surface area contributed by atoms with Gasteiger partial charge >= 0.3 is 0 Å². The third-order valence-corrected chi connectivity index (χ3v) is 3.01. The summed E-state index contributed by atoms with van der Waals surface area (Å²) in [6, 6.07) is 3.19. The van der Waals surface area contributed by atoms with E-state index in [1.807, 2.05) is 13.8 Å².